The molecule has 0 N–H and O–H groups in total. The zero-order valence-corrected chi connectivity index (χ0v) is 5.74. The van der Waals surface area contributed by atoms with Gasteiger partial charge >= 0.3 is 0 Å². The Labute approximate surface area is 63.0 Å². The molecule has 0 unspecified atom stereocenters. The highest BCUT2D eigenvalue weighted by Gasteiger charge is 2.37. The van der Waals surface area contributed by atoms with Crippen molar-refractivity contribution >= 4 is 17.1 Å². The van der Waals surface area contributed by atoms with Crippen molar-refractivity contribution in [3.05, 3.63) is 0 Å². The first kappa shape index (κ1) is 7.10. The second-order valence-corrected chi connectivity index (χ2v) is 1.69. The molecule has 0 saturated heterocycles. The van der Waals surface area contributed by atoms with E-state index in [2.05, 4.69) is 15.0 Å². The molecule has 0 radical (unpaired) electrons. The maximum absolute atomic E-state index is 8.15. The van der Waals surface area contributed by atoms with Crippen molar-refractivity contribution in [3.8, 4) is 12.4 Å². The SMILES string of the molecule is CN=C1C(=NC#N)C1=NC#N. The average Bonchev–Trinajstić information content (AvgIpc) is 2.65. The van der Waals surface area contributed by atoms with Gasteiger partial charge in [-0.2, -0.15) is 20.5 Å². The summed E-state index contributed by atoms with van der Waals surface area (Å²) in [5.41, 5.74) is 1.40. The Morgan fingerprint density at radius 1 is 1.00 bits per heavy atom. The molecule has 0 aromatic carbocycles. The molecule has 1 aliphatic rings. The number of nitrogens with zero attached hydrogens (tertiary/aromatic N) is 5. The molecule has 5 heteroatoms. The first-order chi connectivity index (χ1) is 5.35. The van der Waals surface area contributed by atoms with Crippen molar-refractivity contribution in [2.75, 3.05) is 7.05 Å². The van der Waals surface area contributed by atoms with Crippen LogP contribution < -0.4 is 0 Å². The molecule has 0 spiro atoms. The molecule has 0 aromatic heterocycles. The van der Waals surface area contributed by atoms with Gasteiger partial charge < -0.3 is 0 Å². The minimum atomic E-state index is 0.427. The zero-order chi connectivity index (χ0) is 8.27. The molecule has 0 amide bonds. The highest BCUT2D eigenvalue weighted by molar-refractivity contribution is 7.12. The lowest BCUT2D eigenvalue weighted by Gasteiger charge is -1.58. The normalized spacial score (nSPS) is 21.2. The molecule has 0 heterocycles. The fourth-order valence-electron chi connectivity index (χ4n) is 0.682. The van der Waals surface area contributed by atoms with E-state index < -0.39 is 0 Å². The third-order valence-corrected chi connectivity index (χ3v) is 1.16. The minimum absolute atomic E-state index is 0.427. The van der Waals surface area contributed by atoms with Gasteiger partial charge in [-0.15, -0.1) is 0 Å². The predicted octanol–water partition coefficient (Wildman–Crippen LogP) is -0.0850. The molecular weight excluding hydrogens is 142 g/mol. The van der Waals surface area contributed by atoms with E-state index in [1.54, 1.807) is 19.4 Å². The first-order valence-electron chi connectivity index (χ1n) is 2.76. The molecule has 0 aliphatic heterocycles. The second-order valence-electron chi connectivity index (χ2n) is 1.69. The van der Waals surface area contributed by atoms with Gasteiger partial charge in [0.2, 0.25) is 12.4 Å². The zero-order valence-electron chi connectivity index (χ0n) is 5.74. The molecule has 11 heavy (non-hydrogen) atoms. The van der Waals surface area contributed by atoms with Gasteiger partial charge in [-0.3, -0.25) is 4.99 Å². The van der Waals surface area contributed by atoms with E-state index >= 15 is 0 Å². The second kappa shape index (κ2) is 2.72. The van der Waals surface area contributed by atoms with Crippen LogP contribution in [0.5, 0.6) is 0 Å². The van der Waals surface area contributed by atoms with Gasteiger partial charge in [0.05, 0.1) is 0 Å². The van der Waals surface area contributed by atoms with Crippen LogP contribution in [0.4, 0.5) is 0 Å². The fraction of sp³-hybridized carbons (Fsp3) is 0.167. The smallest absolute Gasteiger partial charge is 0.206 e. The van der Waals surface area contributed by atoms with Gasteiger partial charge in [-0.1, -0.05) is 0 Å². The van der Waals surface area contributed by atoms with Crippen LogP contribution >= 0.6 is 0 Å². The molecule has 52 valence electrons. The van der Waals surface area contributed by atoms with Crippen molar-refractivity contribution < 1.29 is 0 Å². The van der Waals surface area contributed by atoms with Gasteiger partial charge in [0.1, 0.15) is 17.1 Å². The van der Waals surface area contributed by atoms with E-state index in [-0.39, 0.29) is 0 Å². The van der Waals surface area contributed by atoms with Crippen molar-refractivity contribution in [2.24, 2.45) is 15.0 Å². The van der Waals surface area contributed by atoms with E-state index in [9.17, 15) is 0 Å². The van der Waals surface area contributed by atoms with Crippen LogP contribution in [-0.2, 0) is 0 Å². The molecule has 0 aromatic rings. The Balaban J connectivity index is 2.98. The minimum Gasteiger partial charge on any atom is -0.284 e. The molecular formula is C6H3N5. The summed E-state index contributed by atoms with van der Waals surface area (Å²) >= 11 is 0. The van der Waals surface area contributed by atoms with Crippen LogP contribution in [0.1, 0.15) is 0 Å². The maximum atomic E-state index is 8.15. The van der Waals surface area contributed by atoms with E-state index in [1.807, 2.05) is 0 Å². The van der Waals surface area contributed by atoms with Gasteiger partial charge in [0.25, 0.3) is 0 Å². The average molecular weight is 145 g/mol. The summed E-state index contributed by atoms with van der Waals surface area (Å²) in [5, 5.41) is 16.3. The van der Waals surface area contributed by atoms with Crippen LogP contribution in [0.25, 0.3) is 0 Å². The summed E-state index contributed by atoms with van der Waals surface area (Å²) in [4.78, 5) is 10.5. The molecule has 0 bridgehead atoms. The summed E-state index contributed by atoms with van der Waals surface area (Å²) < 4.78 is 0. The Bertz CT molecular complexity index is 314. The lowest BCUT2D eigenvalue weighted by molar-refractivity contribution is 1.44. The quantitative estimate of drug-likeness (QED) is 0.446. The Kier molecular flexibility index (Phi) is 1.75. The fourth-order valence-corrected chi connectivity index (χ4v) is 0.682. The topological polar surface area (TPSA) is 84.7 Å². The third kappa shape index (κ3) is 1.12. The van der Waals surface area contributed by atoms with E-state index in [0.29, 0.717) is 17.1 Å². The monoisotopic (exact) mass is 145 g/mol. The van der Waals surface area contributed by atoms with Gasteiger partial charge in [-0.05, 0) is 0 Å². The van der Waals surface area contributed by atoms with E-state index in [0.717, 1.165) is 0 Å². The van der Waals surface area contributed by atoms with Crippen molar-refractivity contribution in [1.82, 2.24) is 0 Å². The maximum Gasteiger partial charge on any atom is 0.206 e. The molecule has 1 aliphatic carbocycles. The molecule has 0 atom stereocenters. The summed E-state index contributed by atoms with van der Waals surface area (Å²) in [6.07, 6.45) is 3.20. The van der Waals surface area contributed by atoms with Crippen LogP contribution in [-0.4, -0.2) is 24.2 Å². The van der Waals surface area contributed by atoms with Crippen LogP contribution in [0.2, 0.25) is 0 Å². The number of aliphatic imine (C=N–C) groups is 3. The van der Waals surface area contributed by atoms with E-state index in [1.165, 1.54) is 0 Å². The van der Waals surface area contributed by atoms with E-state index in [4.69, 9.17) is 10.5 Å². The van der Waals surface area contributed by atoms with Crippen molar-refractivity contribution in [2.45, 2.75) is 0 Å². The largest absolute Gasteiger partial charge is 0.284 e. The molecule has 1 rings (SSSR count). The third-order valence-electron chi connectivity index (χ3n) is 1.16. The number of hydrogen-bond acceptors (Lipinski definition) is 5. The number of hydrogen-bond donors (Lipinski definition) is 0. The predicted molar refractivity (Wildman–Crippen MR) is 39.5 cm³/mol. The summed E-state index contributed by atoms with van der Waals surface area (Å²) in [5.74, 6) is 0. The van der Waals surface area contributed by atoms with Crippen LogP contribution in [0, 0.1) is 22.9 Å². The lowest BCUT2D eigenvalue weighted by atomic mass is 10.8. The molecule has 5 nitrogen and oxygen atoms in total. The first-order valence-corrected chi connectivity index (χ1v) is 2.76. The standard InChI is InChI=1S/C6H3N5/c1-9-4-5(10-2-7)6(4)11-3-8/h1H3. The van der Waals surface area contributed by atoms with Crippen molar-refractivity contribution in [1.29, 1.82) is 10.5 Å². The summed E-state index contributed by atoms with van der Waals surface area (Å²) in [7, 11) is 1.56. The lowest BCUT2D eigenvalue weighted by Crippen LogP contribution is -1.69. The Morgan fingerprint density at radius 3 is 1.73 bits per heavy atom. The van der Waals surface area contributed by atoms with Gasteiger partial charge in [0, 0.05) is 7.05 Å². The number of nitriles is 2. The highest BCUT2D eigenvalue weighted by Crippen LogP contribution is 2.08. The van der Waals surface area contributed by atoms with Crippen LogP contribution in [0.3, 0.4) is 0 Å². The molecule has 1 fully saturated rings. The Morgan fingerprint density at radius 2 is 1.45 bits per heavy atom. The van der Waals surface area contributed by atoms with Crippen LogP contribution in [0.15, 0.2) is 15.0 Å². The molecule has 1 saturated carbocycles. The Hall–Kier alpha value is -2.01. The highest BCUT2D eigenvalue weighted by atomic mass is 14.9. The summed E-state index contributed by atoms with van der Waals surface area (Å²) in [6, 6.07) is 0. The van der Waals surface area contributed by atoms with Crippen molar-refractivity contribution in [3.63, 3.8) is 0 Å². The number of rotatable bonds is 0. The summed E-state index contributed by atoms with van der Waals surface area (Å²) in [6.45, 7) is 0. The van der Waals surface area contributed by atoms with Gasteiger partial charge in [-0.25, -0.2) is 0 Å². The van der Waals surface area contributed by atoms with Gasteiger partial charge in [0.15, 0.2) is 0 Å².